The summed E-state index contributed by atoms with van der Waals surface area (Å²) in [5.74, 6) is 0.797. The van der Waals surface area contributed by atoms with Crippen molar-refractivity contribution >= 4 is 10.0 Å². The summed E-state index contributed by atoms with van der Waals surface area (Å²) in [6, 6.07) is 8.16. The maximum absolute atomic E-state index is 12.5. The molecule has 22 heavy (non-hydrogen) atoms. The summed E-state index contributed by atoms with van der Waals surface area (Å²) in [5, 5.41) is 0. The fourth-order valence-corrected chi connectivity index (χ4v) is 2.88. The first kappa shape index (κ1) is 16.2. The zero-order chi connectivity index (χ0) is 16.2. The molecular formula is C14H17N3O4S. The lowest BCUT2D eigenvalue weighted by molar-refractivity contribution is 0.392. The van der Waals surface area contributed by atoms with Crippen molar-refractivity contribution in [2.24, 2.45) is 0 Å². The zero-order valence-electron chi connectivity index (χ0n) is 12.6. The molecule has 0 N–H and O–H groups in total. The molecule has 118 valence electrons. The van der Waals surface area contributed by atoms with E-state index in [2.05, 4.69) is 9.97 Å². The van der Waals surface area contributed by atoms with Crippen molar-refractivity contribution in [1.82, 2.24) is 14.3 Å². The Balaban J connectivity index is 2.20. The lowest BCUT2D eigenvalue weighted by Crippen LogP contribution is -2.27. The van der Waals surface area contributed by atoms with E-state index in [9.17, 15) is 8.42 Å². The SMILES string of the molecule is COc1ccc(S(=O)(=O)N(C)Cc2cccc(OC)n2)cn1. The molecule has 0 aliphatic rings. The Labute approximate surface area is 129 Å². The first-order valence-electron chi connectivity index (χ1n) is 6.43. The van der Waals surface area contributed by atoms with Crippen LogP contribution in [0, 0.1) is 0 Å². The molecule has 0 fully saturated rings. The second kappa shape index (κ2) is 6.71. The van der Waals surface area contributed by atoms with Crippen molar-refractivity contribution in [2.75, 3.05) is 21.3 Å². The van der Waals surface area contributed by atoms with Gasteiger partial charge in [-0.15, -0.1) is 0 Å². The normalized spacial score (nSPS) is 11.5. The minimum absolute atomic E-state index is 0.0960. The third-order valence-corrected chi connectivity index (χ3v) is 4.79. The molecule has 0 radical (unpaired) electrons. The molecule has 0 atom stereocenters. The molecule has 2 rings (SSSR count). The molecule has 2 aromatic heterocycles. The van der Waals surface area contributed by atoms with Gasteiger partial charge in [0, 0.05) is 19.2 Å². The van der Waals surface area contributed by atoms with Crippen molar-refractivity contribution in [1.29, 1.82) is 0 Å². The van der Waals surface area contributed by atoms with Gasteiger partial charge in [0.05, 0.1) is 32.7 Å². The van der Waals surface area contributed by atoms with E-state index < -0.39 is 10.0 Å². The second-order valence-corrected chi connectivity index (χ2v) is 6.51. The summed E-state index contributed by atoms with van der Waals surface area (Å²) in [6.45, 7) is 0.131. The molecule has 0 saturated heterocycles. The van der Waals surface area contributed by atoms with Crippen LogP contribution < -0.4 is 9.47 Å². The molecule has 0 spiro atoms. The van der Waals surface area contributed by atoms with Gasteiger partial charge in [0.1, 0.15) is 4.90 Å². The van der Waals surface area contributed by atoms with E-state index in [1.165, 1.54) is 43.9 Å². The number of hydrogen-bond acceptors (Lipinski definition) is 6. The van der Waals surface area contributed by atoms with Crippen LogP contribution >= 0.6 is 0 Å². The molecule has 0 amide bonds. The van der Waals surface area contributed by atoms with Gasteiger partial charge >= 0.3 is 0 Å². The van der Waals surface area contributed by atoms with Gasteiger partial charge in [0.25, 0.3) is 0 Å². The van der Waals surface area contributed by atoms with Crippen LogP contribution in [0.4, 0.5) is 0 Å². The lowest BCUT2D eigenvalue weighted by atomic mass is 10.3. The average Bonchev–Trinajstić information content (AvgIpc) is 2.55. The topological polar surface area (TPSA) is 81.6 Å². The highest BCUT2D eigenvalue weighted by Crippen LogP contribution is 2.18. The summed E-state index contributed by atoms with van der Waals surface area (Å²) in [7, 11) is 0.818. The number of rotatable bonds is 6. The van der Waals surface area contributed by atoms with Crippen molar-refractivity contribution in [2.45, 2.75) is 11.4 Å². The van der Waals surface area contributed by atoms with Crippen molar-refractivity contribution in [3.63, 3.8) is 0 Å². The predicted molar refractivity (Wildman–Crippen MR) is 80.2 cm³/mol. The van der Waals surface area contributed by atoms with E-state index in [4.69, 9.17) is 9.47 Å². The Morgan fingerprint density at radius 3 is 2.41 bits per heavy atom. The van der Waals surface area contributed by atoms with Gasteiger partial charge in [-0.25, -0.2) is 18.4 Å². The van der Waals surface area contributed by atoms with Gasteiger partial charge in [0.15, 0.2) is 0 Å². The molecular weight excluding hydrogens is 306 g/mol. The zero-order valence-corrected chi connectivity index (χ0v) is 13.4. The maximum atomic E-state index is 12.5. The molecule has 0 bridgehead atoms. The van der Waals surface area contributed by atoms with Gasteiger partial charge in [0.2, 0.25) is 21.8 Å². The third-order valence-electron chi connectivity index (χ3n) is 3.00. The molecule has 8 heteroatoms. The molecule has 0 unspecified atom stereocenters. The van der Waals surface area contributed by atoms with Gasteiger partial charge in [-0.3, -0.25) is 0 Å². The summed E-state index contributed by atoms with van der Waals surface area (Å²) in [4.78, 5) is 8.21. The van der Waals surface area contributed by atoms with E-state index in [0.717, 1.165) is 0 Å². The number of pyridine rings is 2. The van der Waals surface area contributed by atoms with Crippen molar-refractivity contribution in [3.05, 3.63) is 42.2 Å². The molecule has 0 saturated carbocycles. The average molecular weight is 323 g/mol. The number of hydrogen-bond donors (Lipinski definition) is 0. The van der Waals surface area contributed by atoms with E-state index in [-0.39, 0.29) is 11.4 Å². The minimum Gasteiger partial charge on any atom is -0.481 e. The highest BCUT2D eigenvalue weighted by atomic mass is 32.2. The summed E-state index contributed by atoms with van der Waals surface area (Å²) < 4.78 is 36.1. The number of nitrogens with zero attached hydrogens (tertiary/aromatic N) is 3. The highest BCUT2D eigenvalue weighted by molar-refractivity contribution is 7.89. The van der Waals surface area contributed by atoms with Crippen LogP contribution in [0.25, 0.3) is 0 Å². The van der Waals surface area contributed by atoms with Crippen LogP contribution in [0.15, 0.2) is 41.4 Å². The van der Waals surface area contributed by atoms with Gasteiger partial charge in [-0.05, 0) is 12.1 Å². The third kappa shape index (κ3) is 3.52. The Hall–Kier alpha value is -2.19. The Kier molecular flexibility index (Phi) is 4.94. The summed E-state index contributed by atoms with van der Waals surface area (Å²) >= 11 is 0. The smallest absolute Gasteiger partial charge is 0.244 e. The lowest BCUT2D eigenvalue weighted by Gasteiger charge is -2.17. The standard InChI is InChI=1S/C14H17N3O4S/c1-17(10-11-5-4-6-14(16-11)21-3)22(18,19)12-7-8-13(20-2)15-9-12/h4-9H,10H2,1-3H3. The minimum atomic E-state index is -3.65. The Morgan fingerprint density at radius 2 is 1.82 bits per heavy atom. The molecule has 0 aromatic carbocycles. The number of aromatic nitrogens is 2. The van der Waals surface area contributed by atoms with E-state index in [1.54, 1.807) is 18.2 Å². The largest absolute Gasteiger partial charge is 0.481 e. The second-order valence-electron chi connectivity index (χ2n) is 4.47. The van der Waals surface area contributed by atoms with Crippen molar-refractivity contribution in [3.8, 4) is 11.8 Å². The van der Waals surface area contributed by atoms with Crippen LogP contribution in [0.3, 0.4) is 0 Å². The quantitative estimate of drug-likeness (QED) is 0.797. The van der Waals surface area contributed by atoms with Crippen LogP contribution in [0.5, 0.6) is 11.8 Å². The molecule has 7 nitrogen and oxygen atoms in total. The maximum Gasteiger partial charge on any atom is 0.244 e. The fraction of sp³-hybridized carbons (Fsp3) is 0.286. The van der Waals surface area contributed by atoms with E-state index in [0.29, 0.717) is 17.5 Å². The van der Waals surface area contributed by atoms with Crippen molar-refractivity contribution < 1.29 is 17.9 Å². The van der Waals surface area contributed by atoms with Gasteiger partial charge in [-0.1, -0.05) is 6.07 Å². The predicted octanol–water partition coefficient (Wildman–Crippen LogP) is 1.31. The number of ether oxygens (including phenoxy) is 2. The van der Waals surface area contributed by atoms with Crippen LogP contribution in [-0.2, 0) is 16.6 Å². The first-order chi connectivity index (χ1) is 10.5. The Morgan fingerprint density at radius 1 is 1.09 bits per heavy atom. The summed E-state index contributed by atoms with van der Waals surface area (Å²) in [5.41, 5.74) is 0.590. The van der Waals surface area contributed by atoms with E-state index >= 15 is 0 Å². The number of methoxy groups -OCH3 is 2. The summed E-state index contributed by atoms with van der Waals surface area (Å²) in [6.07, 6.45) is 1.27. The monoisotopic (exact) mass is 323 g/mol. The molecule has 2 aromatic rings. The highest BCUT2D eigenvalue weighted by Gasteiger charge is 2.22. The number of sulfonamides is 1. The van der Waals surface area contributed by atoms with Gasteiger partial charge < -0.3 is 9.47 Å². The molecule has 0 aliphatic carbocycles. The van der Waals surface area contributed by atoms with Crippen LogP contribution in [-0.4, -0.2) is 44.0 Å². The molecule has 2 heterocycles. The molecule has 0 aliphatic heterocycles. The van der Waals surface area contributed by atoms with Crippen LogP contribution in [0.2, 0.25) is 0 Å². The fourth-order valence-electron chi connectivity index (χ4n) is 1.79. The van der Waals surface area contributed by atoms with Crippen LogP contribution in [0.1, 0.15) is 5.69 Å². The van der Waals surface area contributed by atoms with E-state index in [1.807, 2.05) is 0 Å². The first-order valence-corrected chi connectivity index (χ1v) is 7.87. The Bertz CT molecular complexity index is 732. The van der Waals surface area contributed by atoms with Gasteiger partial charge in [-0.2, -0.15) is 4.31 Å².